The van der Waals surface area contributed by atoms with Crippen molar-refractivity contribution >= 4 is 34.2 Å². The smallest absolute Gasteiger partial charge is 0.416 e. The Kier molecular flexibility index (Phi) is 6.43. The number of hydrogen-bond acceptors (Lipinski definition) is 5. The van der Waals surface area contributed by atoms with Crippen molar-refractivity contribution in [3.8, 4) is 11.6 Å². The fourth-order valence-electron chi connectivity index (χ4n) is 3.53. The van der Waals surface area contributed by atoms with E-state index in [1.807, 2.05) is 13.8 Å². The Balaban J connectivity index is 0.00000133. The van der Waals surface area contributed by atoms with Gasteiger partial charge in [0, 0.05) is 17.3 Å². The van der Waals surface area contributed by atoms with E-state index in [2.05, 4.69) is 15.0 Å². The molecule has 1 amide bonds. The lowest BCUT2D eigenvalue weighted by Crippen LogP contribution is -2.32. The summed E-state index contributed by atoms with van der Waals surface area (Å²) in [5.74, 6) is -0.286. The van der Waals surface area contributed by atoms with Gasteiger partial charge in [0.25, 0.3) is 5.91 Å². The van der Waals surface area contributed by atoms with Crippen LogP contribution in [0.4, 0.5) is 18.9 Å². The predicted molar refractivity (Wildman–Crippen MR) is 122 cm³/mol. The Morgan fingerprint density at radius 2 is 1.76 bits per heavy atom. The highest BCUT2D eigenvalue weighted by atomic mass is 35.5. The third-order valence-corrected chi connectivity index (χ3v) is 5.36. The van der Waals surface area contributed by atoms with Gasteiger partial charge in [0.1, 0.15) is 29.3 Å². The maximum atomic E-state index is 13.1. The van der Waals surface area contributed by atoms with Gasteiger partial charge < -0.3 is 14.2 Å². The van der Waals surface area contributed by atoms with Crippen LogP contribution in [0.1, 0.15) is 29.8 Å². The summed E-state index contributed by atoms with van der Waals surface area (Å²) in [6.45, 7) is 4.45. The van der Waals surface area contributed by atoms with Gasteiger partial charge in [-0.05, 0) is 36.4 Å². The zero-order chi connectivity index (χ0) is 24.5. The zero-order valence-electron chi connectivity index (χ0n) is 18.2. The van der Waals surface area contributed by atoms with Gasteiger partial charge in [-0.25, -0.2) is 15.0 Å². The molecule has 0 saturated carbocycles. The first kappa shape index (κ1) is 23.5. The molecule has 3 aromatic heterocycles. The van der Waals surface area contributed by atoms with E-state index >= 15 is 0 Å². The number of pyridine rings is 1. The van der Waals surface area contributed by atoms with Gasteiger partial charge in [0.15, 0.2) is 0 Å². The highest BCUT2D eigenvalue weighted by Gasteiger charge is 2.31. The van der Waals surface area contributed by atoms with Gasteiger partial charge in [-0.2, -0.15) is 13.2 Å². The lowest BCUT2D eigenvalue weighted by Gasteiger charge is -2.20. The van der Waals surface area contributed by atoms with E-state index in [4.69, 9.17) is 16.3 Å². The van der Waals surface area contributed by atoms with E-state index in [0.29, 0.717) is 22.4 Å². The number of halogens is 4. The standard InChI is InChI=1S/C21H13ClF3N5O2.C2H6/c22-17-16-19(28-11-27-17)32-8-7-30(20(16)31)15-9-12-5-6-29(18(12)26-10-15)14-3-1-13(2-4-14)21(23,24)25;1-2/h1-6,9-11H,7-8H2;1-2H3. The van der Waals surface area contributed by atoms with E-state index in [1.165, 1.54) is 29.6 Å². The number of rotatable bonds is 2. The first-order chi connectivity index (χ1) is 16.3. The maximum Gasteiger partial charge on any atom is 0.416 e. The number of carbonyl (C=O) groups excluding carboxylic acids is 1. The van der Waals surface area contributed by atoms with Crippen molar-refractivity contribution in [2.45, 2.75) is 20.0 Å². The van der Waals surface area contributed by atoms with Crippen molar-refractivity contribution in [3.05, 3.63) is 71.4 Å². The summed E-state index contributed by atoms with van der Waals surface area (Å²) in [5.41, 5.74) is 0.940. The number of amides is 1. The largest absolute Gasteiger partial charge is 0.475 e. The molecule has 176 valence electrons. The number of alkyl halides is 3. The normalized spacial score (nSPS) is 13.6. The van der Waals surface area contributed by atoms with Crippen molar-refractivity contribution < 1.29 is 22.7 Å². The van der Waals surface area contributed by atoms with Crippen LogP contribution in [0, 0.1) is 0 Å². The van der Waals surface area contributed by atoms with Crippen molar-refractivity contribution in [2.75, 3.05) is 18.1 Å². The number of hydrogen-bond donors (Lipinski definition) is 0. The molecular formula is C23H19ClF3N5O2. The van der Waals surface area contributed by atoms with Crippen LogP contribution in [0.5, 0.6) is 5.88 Å². The van der Waals surface area contributed by atoms with Crippen LogP contribution in [-0.4, -0.2) is 38.6 Å². The van der Waals surface area contributed by atoms with Gasteiger partial charge in [0.05, 0.1) is 24.0 Å². The minimum absolute atomic E-state index is 0.00519. The molecule has 0 radical (unpaired) electrons. The van der Waals surface area contributed by atoms with E-state index in [1.54, 1.807) is 22.9 Å². The first-order valence-corrected chi connectivity index (χ1v) is 10.8. The molecule has 0 N–H and O–H groups in total. The van der Waals surface area contributed by atoms with Gasteiger partial charge in [0.2, 0.25) is 5.88 Å². The summed E-state index contributed by atoms with van der Waals surface area (Å²) >= 11 is 6.10. The number of carbonyl (C=O) groups is 1. The van der Waals surface area contributed by atoms with Crippen LogP contribution in [0.3, 0.4) is 0 Å². The number of aromatic nitrogens is 4. The lowest BCUT2D eigenvalue weighted by molar-refractivity contribution is -0.137. The summed E-state index contributed by atoms with van der Waals surface area (Å²) in [5, 5.41) is 0.699. The molecule has 4 aromatic rings. The van der Waals surface area contributed by atoms with Crippen molar-refractivity contribution in [3.63, 3.8) is 0 Å². The molecule has 0 aliphatic carbocycles. The van der Waals surface area contributed by atoms with Crippen molar-refractivity contribution in [1.82, 2.24) is 19.5 Å². The minimum Gasteiger partial charge on any atom is -0.475 e. The third-order valence-electron chi connectivity index (χ3n) is 5.08. The predicted octanol–water partition coefficient (Wildman–Crippen LogP) is 5.55. The Bertz CT molecular complexity index is 1340. The second kappa shape index (κ2) is 9.30. The maximum absolute atomic E-state index is 13.1. The second-order valence-electron chi connectivity index (χ2n) is 6.99. The lowest BCUT2D eigenvalue weighted by atomic mass is 10.2. The average molecular weight is 490 g/mol. The molecule has 5 rings (SSSR count). The number of ether oxygens (including phenoxy) is 1. The molecule has 0 spiro atoms. The van der Waals surface area contributed by atoms with Crippen molar-refractivity contribution in [1.29, 1.82) is 0 Å². The van der Waals surface area contributed by atoms with Gasteiger partial charge in [-0.15, -0.1) is 0 Å². The van der Waals surface area contributed by atoms with E-state index in [9.17, 15) is 18.0 Å². The average Bonchev–Trinajstić information content (AvgIpc) is 3.17. The Morgan fingerprint density at radius 1 is 1.03 bits per heavy atom. The Labute approximate surface area is 197 Å². The summed E-state index contributed by atoms with van der Waals surface area (Å²) in [6.07, 6.45) is 0.0447. The number of anilines is 1. The van der Waals surface area contributed by atoms with Gasteiger partial charge in [-0.3, -0.25) is 4.79 Å². The molecule has 11 heteroatoms. The molecule has 0 fully saturated rings. The molecule has 34 heavy (non-hydrogen) atoms. The fraction of sp³-hybridized carbons (Fsp3) is 0.217. The number of benzene rings is 1. The van der Waals surface area contributed by atoms with Crippen LogP contribution in [0.25, 0.3) is 16.7 Å². The molecule has 1 aliphatic rings. The van der Waals surface area contributed by atoms with Gasteiger partial charge in [-0.1, -0.05) is 25.4 Å². The first-order valence-electron chi connectivity index (χ1n) is 10.4. The molecule has 0 atom stereocenters. The minimum atomic E-state index is -4.40. The summed E-state index contributed by atoms with van der Waals surface area (Å²) in [4.78, 5) is 26.8. The summed E-state index contributed by atoms with van der Waals surface area (Å²) in [7, 11) is 0. The van der Waals surface area contributed by atoms with E-state index in [-0.39, 0.29) is 29.7 Å². The van der Waals surface area contributed by atoms with E-state index in [0.717, 1.165) is 12.1 Å². The van der Waals surface area contributed by atoms with Crippen LogP contribution >= 0.6 is 11.6 Å². The Hall–Kier alpha value is -3.66. The van der Waals surface area contributed by atoms with Crippen molar-refractivity contribution in [2.24, 2.45) is 0 Å². The van der Waals surface area contributed by atoms with Crippen LogP contribution < -0.4 is 9.64 Å². The van der Waals surface area contributed by atoms with Gasteiger partial charge >= 0.3 is 6.18 Å². The highest BCUT2D eigenvalue weighted by molar-refractivity contribution is 6.33. The molecule has 0 bridgehead atoms. The van der Waals surface area contributed by atoms with Crippen LogP contribution in [0.2, 0.25) is 5.15 Å². The topological polar surface area (TPSA) is 73.1 Å². The number of nitrogens with zero attached hydrogens (tertiary/aromatic N) is 5. The monoisotopic (exact) mass is 489 g/mol. The third kappa shape index (κ3) is 4.28. The molecular weight excluding hydrogens is 471 g/mol. The van der Waals surface area contributed by atoms with E-state index < -0.39 is 17.6 Å². The van der Waals surface area contributed by atoms with Crippen LogP contribution in [-0.2, 0) is 6.18 Å². The second-order valence-corrected chi connectivity index (χ2v) is 7.34. The summed E-state index contributed by atoms with van der Waals surface area (Å²) in [6, 6.07) is 8.35. The molecule has 1 aliphatic heterocycles. The molecule has 7 nitrogen and oxygen atoms in total. The molecule has 1 aromatic carbocycles. The number of fused-ring (bicyclic) bond motifs is 2. The Morgan fingerprint density at radius 3 is 2.47 bits per heavy atom. The fourth-order valence-corrected chi connectivity index (χ4v) is 3.74. The zero-order valence-corrected chi connectivity index (χ0v) is 18.9. The molecule has 0 saturated heterocycles. The summed E-state index contributed by atoms with van der Waals surface area (Å²) < 4.78 is 45.7. The van der Waals surface area contributed by atoms with Crippen LogP contribution in [0.15, 0.2) is 55.1 Å². The highest BCUT2D eigenvalue weighted by Crippen LogP contribution is 2.32. The molecule has 0 unspecified atom stereocenters. The SMILES string of the molecule is CC.O=C1c2c(Cl)ncnc2OCCN1c1cnc2c(ccn2-c2ccc(C(F)(F)F)cc2)c1. The molecule has 4 heterocycles. The quantitative estimate of drug-likeness (QED) is 0.345.